The van der Waals surface area contributed by atoms with Crippen molar-refractivity contribution in [2.45, 2.75) is 11.4 Å². The van der Waals surface area contributed by atoms with Crippen molar-refractivity contribution in [2.24, 2.45) is 0 Å². The molecule has 0 spiro atoms. The maximum Gasteiger partial charge on any atom is 0.177 e. The van der Waals surface area contributed by atoms with Crippen LogP contribution in [0.3, 0.4) is 0 Å². The monoisotopic (exact) mass is 345 g/mol. The van der Waals surface area contributed by atoms with E-state index < -0.39 is 9.84 Å². The zero-order valence-corrected chi connectivity index (χ0v) is 12.9. The Morgan fingerprint density at radius 2 is 2.06 bits per heavy atom. The van der Waals surface area contributed by atoms with Gasteiger partial charge >= 0.3 is 0 Å². The third-order valence-corrected chi connectivity index (χ3v) is 5.10. The van der Waals surface area contributed by atoms with Crippen molar-refractivity contribution >= 4 is 42.8 Å². The quantitative estimate of drug-likeness (QED) is 0.921. The molecule has 1 heterocycles. The van der Waals surface area contributed by atoms with Gasteiger partial charge in [-0.05, 0) is 45.1 Å². The molecule has 0 amide bonds. The van der Waals surface area contributed by atoms with E-state index >= 15 is 0 Å². The second-order valence-electron chi connectivity index (χ2n) is 3.88. The van der Waals surface area contributed by atoms with Gasteiger partial charge in [-0.2, -0.15) is 0 Å². The molecule has 0 radical (unpaired) electrons. The third-order valence-electron chi connectivity index (χ3n) is 2.39. The van der Waals surface area contributed by atoms with Gasteiger partial charge in [-0.15, -0.1) is 11.3 Å². The van der Waals surface area contributed by atoms with E-state index in [9.17, 15) is 8.42 Å². The Kier molecular flexibility index (Phi) is 4.09. The van der Waals surface area contributed by atoms with Crippen LogP contribution in [0.4, 0.5) is 5.69 Å². The van der Waals surface area contributed by atoms with Crippen LogP contribution in [0.5, 0.6) is 0 Å². The highest BCUT2D eigenvalue weighted by molar-refractivity contribution is 9.11. The number of para-hydroxylation sites is 1. The van der Waals surface area contributed by atoms with Crippen LogP contribution in [0.25, 0.3) is 0 Å². The van der Waals surface area contributed by atoms with Crippen molar-refractivity contribution < 1.29 is 8.42 Å². The summed E-state index contributed by atoms with van der Waals surface area (Å²) in [6, 6.07) is 8.95. The summed E-state index contributed by atoms with van der Waals surface area (Å²) in [4.78, 5) is 0.333. The summed E-state index contributed by atoms with van der Waals surface area (Å²) < 4.78 is 24.3. The zero-order chi connectivity index (χ0) is 13.2. The minimum Gasteiger partial charge on any atom is -0.380 e. The summed E-state index contributed by atoms with van der Waals surface area (Å²) in [5.41, 5.74) is 1.76. The molecule has 0 aliphatic rings. The fourth-order valence-corrected chi connectivity index (χ4v) is 3.65. The number of hydrogen-bond donors (Lipinski definition) is 1. The molecule has 18 heavy (non-hydrogen) atoms. The Labute approximate surface area is 119 Å². The fourth-order valence-electron chi connectivity index (χ4n) is 1.57. The van der Waals surface area contributed by atoms with Crippen LogP contribution in [-0.4, -0.2) is 14.7 Å². The van der Waals surface area contributed by atoms with Crippen molar-refractivity contribution in [2.75, 3.05) is 11.6 Å². The van der Waals surface area contributed by atoms with Gasteiger partial charge in [-0.25, -0.2) is 8.42 Å². The highest BCUT2D eigenvalue weighted by Crippen LogP contribution is 2.24. The largest absolute Gasteiger partial charge is 0.380 e. The van der Waals surface area contributed by atoms with Crippen LogP contribution >= 0.6 is 27.3 Å². The van der Waals surface area contributed by atoms with Crippen LogP contribution < -0.4 is 5.32 Å². The molecule has 2 rings (SSSR count). The Morgan fingerprint density at radius 1 is 1.33 bits per heavy atom. The molecule has 6 heteroatoms. The highest BCUT2D eigenvalue weighted by atomic mass is 79.9. The minimum atomic E-state index is -3.20. The second kappa shape index (κ2) is 5.42. The number of halogens is 1. The minimum absolute atomic E-state index is 0.333. The average Bonchev–Trinajstić information content (AvgIpc) is 2.72. The lowest BCUT2D eigenvalue weighted by atomic mass is 10.3. The number of anilines is 1. The van der Waals surface area contributed by atoms with E-state index in [4.69, 9.17) is 0 Å². The smallest absolute Gasteiger partial charge is 0.177 e. The van der Waals surface area contributed by atoms with Gasteiger partial charge in [-0.1, -0.05) is 12.1 Å². The molecule has 0 fully saturated rings. The van der Waals surface area contributed by atoms with E-state index in [2.05, 4.69) is 21.2 Å². The average molecular weight is 346 g/mol. The molecule has 0 bridgehead atoms. The first kappa shape index (κ1) is 13.6. The summed E-state index contributed by atoms with van der Waals surface area (Å²) in [6.45, 7) is 0.606. The maximum absolute atomic E-state index is 11.6. The zero-order valence-electron chi connectivity index (χ0n) is 9.68. The molecule has 0 unspecified atom stereocenters. The van der Waals surface area contributed by atoms with E-state index in [-0.39, 0.29) is 0 Å². The topological polar surface area (TPSA) is 46.2 Å². The van der Waals surface area contributed by atoms with E-state index in [1.165, 1.54) is 6.26 Å². The number of nitrogens with one attached hydrogen (secondary N) is 1. The molecular weight excluding hydrogens is 334 g/mol. The predicted octanol–water partition coefficient (Wildman–Crippen LogP) is 3.53. The lowest BCUT2D eigenvalue weighted by Crippen LogP contribution is -2.05. The molecule has 1 aromatic carbocycles. The van der Waals surface area contributed by atoms with Crippen LogP contribution in [0, 0.1) is 0 Å². The summed E-state index contributed by atoms with van der Waals surface area (Å²) in [5.74, 6) is 0. The first-order chi connectivity index (χ1) is 8.47. The van der Waals surface area contributed by atoms with Gasteiger partial charge in [0.05, 0.1) is 14.4 Å². The molecule has 3 nitrogen and oxygen atoms in total. The van der Waals surface area contributed by atoms with Crippen molar-refractivity contribution in [1.29, 1.82) is 0 Å². The highest BCUT2D eigenvalue weighted by Gasteiger charge is 2.12. The SMILES string of the molecule is CS(=O)(=O)c1ccccc1NCc1csc(Br)c1. The molecule has 96 valence electrons. The Bertz CT molecular complexity index is 650. The first-order valence-corrected chi connectivity index (χ1v) is 8.79. The van der Waals surface area contributed by atoms with Crippen LogP contribution in [0.1, 0.15) is 5.56 Å². The number of benzene rings is 1. The molecule has 2 aromatic rings. The van der Waals surface area contributed by atoms with Crippen LogP contribution in [-0.2, 0) is 16.4 Å². The second-order valence-corrected chi connectivity index (χ2v) is 8.16. The Hall–Kier alpha value is -0.850. The molecule has 0 saturated carbocycles. The van der Waals surface area contributed by atoms with Gasteiger partial charge in [0.25, 0.3) is 0 Å². The predicted molar refractivity (Wildman–Crippen MR) is 78.9 cm³/mol. The van der Waals surface area contributed by atoms with Crippen molar-refractivity contribution in [3.8, 4) is 0 Å². The summed E-state index contributed by atoms with van der Waals surface area (Å²) in [6.07, 6.45) is 1.22. The lowest BCUT2D eigenvalue weighted by molar-refractivity contribution is 0.602. The molecular formula is C12H12BrNO2S2. The number of sulfone groups is 1. The lowest BCUT2D eigenvalue weighted by Gasteiger charge is -2.09. The normalized spacial score (nSPS) is 11.4. The molecule has 0 aliphatic carbocycles. The molecule has 0 atom stereocenters. The molecule has 0 saturated heterocycles. The number of thiophene rings is 1. The molecule has 0 aliphatic heterocycles. The number of rotatable bonds is 4. The van der Waals surface area contributed by atoms with Gasteiger partial charge in [0, 0.05) is 12.8 Å². The Morgan fingerprint density at radius 3 is 2.67 bits per heavy atom. The molecule has 1 aromatic heterocycles. The van der Waals surface area contributed by atoms with Crippen molar-refractivity contribution in [3.63, 3.8) is 0 Å². The van der Waals surface area contributed by atoms with Gasteiger partial charge in [0.2, 0.25) is 0 Å². The first-order valence-electron chi connectivity index (χ1n) is 5.22. The van der Waals surface area contributed by atoms with Gasteiger partial charge in [-0.3, -0.25) is 0 Å². The fraction of sp³-hybridized carbons (Fsp3) is 0.167. The van der Waals surface area contributed by atoms with E-state index in [0.717, 1.165) is 9.35 Å². The van der Waals surface area contributed by atoms with Crippen LogP contribution in [0.2, 0.25) is 0 Å². The van der Waals surface area contributed by atoms with Crippen molar-refractivity contribution in [3.05, 3.63) is 45.1 Å². The Balaban J connectivity index is 2.20. The third kappa shape index (κ3) is 3.34. The van der Waals surface area contributed by atoms with Crippen LogP contribution in [0.15, 0.2) is 44.4 Å². The summed E-state index contributed by atoms with van der Waals surface area (Å²) in [7, 11) is -3.20. The van der Waals surface area contributed by atoms with Gasteiger partial charge in [0.15, 0.2) is 9.84 Å². The van der Waals surface area contributed by atoms with E-state index in [0.29, 0.717) is 17.1 Å². The van der Waals surface area contributed by atoms with E-state index in [1.54, 1.807) is 29.5 Å². The van der Waals surface area contributed by atoms with Crippen molar-refractivity contribution in [1.82, 2.24) is 0 Å². The van der Waals surface area contributed by atoms with Gasteiger partial charge < -0.3 is 5.32 Å². The van der Waals surface area contributed by atoms with E-state index in [1.807, 2.05) is 17.5 Å². The molecule has 1 N–H and O–H groups in total. The maximum atomic E-state index is 11.6. The number of hydrogen-bond acceptors (Lipinski definition) is 4. The van der Waals surface area contributed by atoms with Gasteiger partial charge in [0.1, 0.15) is 0 Å². The standard InChI is InChI=1S/C12H12BrNO2S2/c1-18(15,16)11-5-3-2-4-10(11)14-7-9-6-12(13)17-8-9/h2-6,8,14H,7H2,1H3. The summed E-state index contributed by atoms with van der Waals surface area (Å²) in [5, 5.41) is 5.18. The summed E-state index contributed by atoms with van der Waals surface area (Å²) >= 11 is 5.01.